The average molecular weight is 453 g/mol. The lowest BCUT2D eigenvalue weighted by atomic mass is 9.74. The van der Waals surface area contributed by atoms with Crippen LogP contribution < -0.4 is 5.32 Å². The van der Waals surface area contributed by atoms with E-state index in [-0.39, 0.29) is 23.8 Å². The standard InChI is InChI=1S/C26H36N4O3/c1-28(2)18-19-30-24(32)26(27-25(30)33,15-12-20-8-4-3-5-9-20)22-13-16-29(17-14-22)23(31)21-10-6-7-11-21/h3-5,8-10,22H,6-7,11-19H2,1-2H3,(H,27,33)/t26-/m1/s1. The number of rotatable bonds is 8. The fraction of sp³-hybridized carbons (Fsp3) is 0.577. The van der Waals surface area contributed by atoms with E-state index in [2.05, 4.69) is 23.5 Å². The molecular weight excluding hydrogens is 416 g/mol. The van der Waals surface area contributed by atoms with Crippen molar-refractivity contribution in [3.05, 3.63) is 47.5 Å². The number of carbonyl (C=O) groups excluding carboxylic acids is 3. The van der Waals surface area contributed by atoms with Crippen LogP contribution in [0.5, 0.6) is 0 Å². The monoisotopic (exact) mass is 452 g/mol. The summed E-state index contributed by atoms with van der Waals surface area (Å²) in [6.07, 6.45) is 7.73. The second-order valence-electron chi connectivity index (χ2n) is 9.84. The molecule has 0 radical (unpaired) electrons. The molecule has 7 nitrogen and oxygen atoms in total. The van der Waals surface area contributed by atoms with Crippen LogP contribution in [-0.2, 0) is 16.0 Å². The van der Waals surface area contributed by atoms with Crippen molar-refractivity contribution in [1.82, 2.24) is 20.0 Å². The third-order valence-corrected chi connectivity index (χ3v) is 7.42. The van der Waals surface area contributed by atoms with E-state index in [0.29, 0.717) is 32.6 Å². The molecular formula is C26H36N4O3. The number of nitrogens with zero attached hydrogens (tertiary/aromatic N) is 3. The van der Waals surface area contributed by atoms with Gasteiger partial charge in [-0.15, -0.1) is 0 Å². The zero-order valence-electron chi connectivity index (χ0n) is 19.9. The van der Waals surface area contributed by atoms with Gasteiger partial charge in [-0.25, -0.2) is 4.79 Å². The molecule has 4 rings (SSSR count). The van der Waals surface area contributed by atoms with Crippen LogP contribution in [0.25, 0.3) is 0 Å². The first-order chi connectivity index (χ1) is 15.9. The fourth-order valence-electron chi connectivity index (χ4n) is 5.43. The van der Waals surface area contributed by atoms with E-state index >= 15 is 0 Å². The second-order valence-corrected chi connectivity index (χ2v) is 9.84. The van der Waals surface area contributed by atoms with Gasteiger partial charge in [-0.1, -0.05) is 36.4 Å². The number of likely N-dealkylation sites (N-methyl/N-ethyl adjacent to an activating group) is 1. The van der Waals surface area contributed by atoms with Crippen molar-refractivity contribution in [2.24, 2.45) is 5.92 Å². The highest BCUT2D eigenvalue weighted by molar-refractivity contribution is 6.07. The molecule has 0 aromatic heterocycles. The van der Waals surface area contributed by atoms with E-state index in [4.69, 9.17) is 0 Å². The van der Waals surface area contributed by atoms with Gasteiger partial charge in [0.2, 0.25) is 5.91 Å². The first kappa shape index (κ1) is 23.5. The Morgan fingerprint density at radius 2 is 1.88 bits per heavy atom. The second kappa shape index (κ2) is 10.1. The summed E-state index contributed by atoms with van der Waals surface area (Å²) in [7, 11) is 3.88. The summed E-state index contributed by atoms with van der Waals surface area (Å²) in [6, 6.07) is 9.83. The molecule has 1 aliphatic carbocycles. The van der Waals surface area contributed by atoms with E-state index < -0.39 is 5.54 Å². The summed E-state index contributed by atoms with van der Waals surface area (Å²) >= 11 is 0. The minimum Gasteiger partial charge on any atom is -0.339 e. The van der Waals surface area contributed by atoms with Crippen LogP contribution in [0.3, 0.4) is 0 Å². The maximum atomic E-state index is 13.7. The Morgan fingerprint density at radius 3 is 2.52 bits per heavy atom. The Bertz CT molecular complexity index is 905. The number of amides is 4. The molecule has 1 aromatic carbocycles. The molecule has 2 fully saturated rings. The van der Waals surface area contributed by atoms with Crippen LogP contribution in [0.2, 0.25) is 0 Å². The predicted molar refractivity (Wildman–Crippen MR) is 128 cm³/mol. The van der Waals surface area contributed by atoms with E-state index in [1.54, 1.807) is 0 Å². The molecule has 0 bridgehead atoms. The average Bonchev–Trinajstić information content (AvgIpc) is 3.44. The maximum absolute atomic E-state index is 13.7. The first-order valence-electron chi connectivity index (χ1n) is 12.2. The van der Waals surface area contributed by atoms with Crippen LogP contribution in [0.15, 0.2) is 42.0 Å². The molecule has 0 unspecified atom stereocenters. The normalized spacial score (nSPS) is 23.9. The smallest absolute Gasteiger partial charge is 0.325 e. The highest BCUT2D eigenvalue weighted by Gasteiger charge is 2.55. The lowest BCUT2D eigenvalue weighted by Crippen LogP contribution is -2.57. The number of imide groups is 1. The van der Waals surface area contributed by atoms with Crippen molar-refractivity contribution in [1.29, 1.82) is 0 Å². The van der Waals surface area contributed by atoms with Crippen LogP contribution >= 0.6 is 0 Å². The minimum atomic E-state index is -0.902. The summed E-state index contributed by atoms with van der Waals surface area (Å²) in [4.78, 5) is 44.8. The van der Waals surface area contributed by atoms with E-state index in [1.807, 2.05) is 42.1 Å². The number of aryl methyl sites for hydroxylation is 1. The van der Waals surface area contributed by atoms with Crippen molar-refractivity contribution >= 4 is 17.8 Å². The third-order valence-electron chi connectivity index (χ3n) is 7.42. The topological polar surface area (TPSA) is 73.0 Å². The van der Waals surface area contributed by atoms with E-state index in [0.717, 1.165) is 49.7 Å². The quantitative estimate of drug-likeness (QED) is 0.616. The number of urea groups is 1. The number of benzene rings is 1. The van der Waals surface area contributed by atoms with Crippen molar-refractivity contribution in [2.75, 3.05) is 40.3 Å². The molecule has 1 atom stereocenters. The highest BCUT2D eigenvalue weighted by atomic mass is 16.2. The van der Waals surface area contributed by atoms with Crippen molar-refractivity contribution < 1.29 is 14.4 Å². The molecule has 178 valence electrons. The maximum Gasteiger partial charge on any atom is 0.325 e. The summed E-state index contributed by atoms with van der Waals surface area (Å²) in [5.41, 5.74) is 1.19. The molecule has 0 saturated carbocycles. The highest BCUT2D eigenvalue weighted by Crippen LogP contribution is 2.37. The largest absolute Gasteiger partial charge is 0.339 e. The number of carbonyl (C=O) groups is 3. The minimum absolute atomic E-state index is 0.0172. The Labute approximate surface area is 196 Å². The molecule has 3 aliphatic rings. The van der Waals surface area contributed by atoms with Crippen LogP contribution in [-0.4, -0.2) is 78.4 Å². The molecule has 4 amide bonds. The summed E-state index contributed by atoms with van der Waals surface area (Å²) in [6.45, 7) is 2.29. The number of likely N-dealkylation sites (tertiary alicyclic amines) is 1. The molecule has 1 N–H and O–H groups in total. The Morgan fingerprint density at radius 1 is 1.15 bits per heavy atom. The Kier molecular flexibility index (Phi) is 7.17. The summed E-state index contributed by atoms with van der Waals surface area (Å²) in [5.74, 6) is 0.0656. The number of hydrogen-bond donors (Lipinski definition) is 1. The molecule has 2 saturated heterocycles. The van der Waals surface area contributed by atoms with E-state index in [9.17, 15) is 14.4 Å². The molecule has 2 heterocycles. The van der Waals surface area contributed by atoms with Gasteiger partial charge in [0.05, 0.1) is 0 Å². The van der Waals surface area contributed by atoms with Crippen LogP contribution in [0.4, 0.5) is 4.79 Å². The van der Waals surface area contributed by atoms with Gasteiger partial charge < -0.3 is 15.1 Å². The van der Waals surface area contributed by atoms with Crippen molar-refractivity contribution in [3.63, 3.8) is 0 Å². The lowest BCUT2D eigenvalue weighted by Gasteiger charge is -2.41. The number of piperidine rings is 1. The molecule has 33 heavy (non-hydrogen) atoms. The number of allylic oxidation sites excluding steroid dienone is 1. The van der Waals surface area contributed by atoms with Crippen LogP contribution in [0.1, 0.15) is 44.1 Å². The van der Waals surface area contributed by atoms with Gasteiger partial charge in [0, 0.05) is 31.8 Å². The van der Waals surface area contributed by atoms with Gasteiger partial charge in [0.1, 0.15) is 5.54 Å². The lowest BCUT2D eigenvalue weighted by molar-refractivity contribution is -0.135. The molecule has 2 aliphatic heterocycles. The third kappa shape index (κ3) is 4.98. The van der Waals surface area contributed by atoms with Gasteiger partial charge in [0.25, 0.3) is 5.91 Å². The molecule has 0 spiro atoms. The van der Waals surface area contributed by atoms with Gasteiger partial charge in [0.15, 0.2) is 0 Å². The molecule has 1 aromatic rings. The SMILES string of the molecule is CN(C)CCN1C(=O)N[C@](CCc2ccccc2)(C2CCN(C(=O)C3=CCCC3)CC2)C1=O. The predicted octanol–water partition coefficient (Wildman–Crippen LogP) is 2.82. The Balaban J connectivity index is 1.50. The molecule has 7 heteroatoms. The summed E-state index contributed by atoms with van der Waals surface area (Å²) in [5, 5.41) is 3.13. The Hall–Kier alpha value is -2.67. The summed E-state index contributed by atoms with van der Waals surface area (Å²) < 4.78 is 0. The van der Waals surface area contributed by atoms with Crippen molar-refractivity contribution in [2.45, 2.75) is 50.5 Å². The van der Waals surface area contributed by atoms with Gasteiger partial charge in [-0.3, -0.25) is 14.5 Å². The van der Waals surface area contributed by atoms with Gasteiger partial charge >= 0.3 is 6.03 Å². The van der Waals surface area contributed by atoms with Gasteiger partial charge in [-0.2, -0.15) is 0 Å². The zero-order chi connectivity index (χ0) is 23.4. The first-order valence-corrected chi connectivity index (χ1v) is 12.2. The number of hydrogen-bond acceptors (Lipinski definition) is 4. The van der Waals surface area contributed by atoms with Gasteiger partial charge in [-0.05, 0) is 70.5 Å². The fourth-order valence-corrected chi connectivity index (χ4v) is 5.43. The van der Waals surface area contributed by atoms with E-state index in [1.165, 1.54) is 4.90 Å². The van der Waals surface area contributed by atoms with Crippen LogP contribution in [0, 0.1) is 5.92 Å². The zero-order valence-corrected chi connectivity index (χ0v) is 19.9. The number of nitrogens with one attached hydrogen (secondary N) is 1. The van der Waals surface area contributed by atoms with Crippen molar-refractivity contribution in [3.8, 4) is 0 Å².